The lowest BCUT2D eigenvalue weighted by Gasteiger charge is -2.27. The van der Waals surface area contributed by atoms with E-state index in [0.717, 1.165) is 12.8 Å². The van der Waals surface area contributed by atoms with Crippen molar-refractivity contribution in [1.29, 1.82) is 0 Å². The molecule has 6 heteroatoms. The number of rotatable bonds is 10. The quantitative estimate of drug-likeness (QED) is 0.708. The zero-order valence-electron chi connectivity index (χ0n) is 13.2. The Hall–Kier alpha value is -0.980. The van der Waals surface area contributed by atoms with Gasteiger partial charge in [-0.15, -0.1) is 0 Å². The number of nitrogens with one attached hydrogen (secondary N) is 1. The van der Waals surface area contributed by atoms with Crippen LogP contribution in [0.15, 0.2) is 4.52 Å². The summed E-state index contributed by atoms with van der Waals surface area (Å²) < 4.78 is 16.4. The predicted octanol–water partition coefficient (Wildman–Crippen LogP) is 1.90. The Morgan fingerprint density at radius 3 is 2.50 bits per heavy atom. The second-order valence-corrected chi connectivity index (χ2v) is 4.79. The van der Waals surface area contributed by atoms with Gasteiger partial charge in [-0.05, 0) is 26.8 Å². The lowest BCUT2D eigenvalue weighted by atomic mass is 9.96. The first kappa shape index (κ1) is 17.1. The van der Waals surface area contributed by atoms with Crippen LogP contribution < -0.4 is 5.32 Å². The first-order valence-corrected chi connectivity index (χ1v) is 7.28. The molecule has 0 aliphatic carbocycles. The van der Waals surface area contributed by atoms with Crippen LogP contribution in [0, 0.1) is 0 Å². The summed E-state index contributed by atoms with van der Waals surface area (Å²) in [5.74, 6) is 1.26. The molecule has 1 heterocycles. The molecule has 0 saturated heterocycles. The molecular weight excluding hydrogens is 258 g/mol. The van der Waals surface area contributed by atoms with Crippen LogP contribution >= 0.6 is 0 Å². The molecule has 0 radical (unpaired) electrons. The van der Waals surface area contributed by atoms with E-state index in [1.165, 1.54) is 0 Å². The lowest BCUT2D eigenvalue weighted by Crippen LogP contribution is -2.32. The van der Waals surface area contributed by atoms with E-state index in [2.05, 4.69) is 29.3 Å². The van der Waals surface area contributed by atoms with E-state index in [-0.39, 0.29) is 6.04 Å². The summed E-state index contributed by atoms with van der Waals surface area (Å²) in [7, 11) is 3.57. The molecule has 0 aliphatic heterocycles. The number of methoxy groups -OCH3 is 1. The van der Waals surface area contributed by atoms with Crippen LogP contribution in [-0.4, -0.2) is 43.6 Å². The molecule has 1 N–H and O–H groups in total. The van der Waals surface area contributed by atoms with Crippen LogP contribution in [0.2, 0.25) is 0 Å². The van der Waals surface area contributed by atoms with Crippen LogP contribution in [0.3, 0.4) is 0 Å². The van der Waals surface area contributed by atoms with E-state index in [0.29, 0.717) is 31.3 Å². The maximum Gasteiger partial charge on any atom is 0.228 e. The number of hydrogen-bond donors (Lipinski definition) is 1. The summed E-state index contributed by atoms with van der Waals surface area (Å²) >= 11 is 0. The van der Waals surface area contributed by atoms with Gasteiger partial charge in [0.15, 0.2) is 0 Å². The molecule has 0 fully saturated rings. The third-order valence-electron chi connectivity index (χ3n) is 3.64. The van der Waals surface area contributed by atoms with Gasteiger partial charge in [0.25, 0.3) is 0 Å². The number of aromatic nitrogens is 2. The Labute approximate surface area is 121 Å². The molecule has 0 spiro atoms. The molecule has 1 atom stereocenters. The Morgan fingerprint density at radius 2 is 2.00 bits per heavy atom. The molecule has 0 bridgehead atoms. The Morgan fingerprint density at radius 1 is 1.30 bits per heavy atom. The van der Waals surface area contributed by atoms with E-state index in [4.69, 9.17) is 14.0 Å². The summed E-state index contributed by atoms with van der Waals surface area (Å²) in [6.45, 7) is 7.38. The molecule has 0 amide bonds. The van der Waals surface area contributed by atoms with Crippen molar-refractivity contribution < 1.29 is 14.0 Å². The molecule has 0 saturated carbocycles. The van der Waals surface area contributed by atoms with E-state index in [1.807, 2.05) is 14.0 Å². The van der Waals surface area contributed by atoms with Crippen molar-refractivity contribution in [2.75, 3.05) is 27.4 Å². The van der Waals surface area contributed by atoms with Gasteiger partial charge in [-0.1, -0.05) is 19.0 Å². The van der Waals surface area contributed by atoms with Crippen molar-refractivity contribution in [3.05, 3.63) is 11.7 Å². The highest BCUT2D eigenvalue weighted by Crippen LogP contribution is 2.30. The van der Waals surface area contributed by atoms with Crippen LogP contribution in [0.5, 0.6) is 0 Å². The minimum Gasteiger partial charge on any atom is -0.383 e. The fraction of sp³-hybridized carbons (Fsp3) is 0.857. The number of ether oxygens (including phenoxy) is 2. The standard InChI is InChI=1S/C14H27N3O3/c1-6-14(7-2,19-8-3)13-16-12(20-17-13)9-11(15-4)10-18-5/h11,15H,6-10H2,1-5H3. The average Bonchev–Trinajstić information content (AvgIpc) is 2.93. The zero-order valence-corrected chi connectivity index (χ0v) is 13.2. The van der Waals surface area contributed by atoms with Gasteiger partial charge in [0, 0.05) is 26.2 Å². The van der Waals surface area contributed by atoms with E-state index in [9.17, 15) is 0 Å². The van der Waals surface area contributed by atoms with Crippen molar-refractivity contribution >= 4 is 0 Å². The summed E-state index contributed by atoms with van der Waals surface area (Å²) in [6, 6.07) is 0.165. The number of likely N-dealkylation sites (N-methyl/N-ethyl adjacent to an activating group) is 1. The Kier molecular flexibility index (Phi) is 7.12. The molecule has 1 aromatic heterocycles. The molecule has 1 aromatic rings. The van der Waals surface area contributed by atoms with Gasteiger partial charge in [0.1, 0.15) is 5.60 Å². The van der Waals surface area contributed by atoms with Gasteiger partial charge in [0.2, 0.25) is 11.7 Å². The fourth-order valence-electron chi connectivity index (χ4n) is 2.29. The first-order valence-electron chi connectivity index (χ1n) is 7.28. The van der Waals surface area contributed by atoms with E-state index < -0.39 is 5.60 Å². The smallest absolute Gasteiger partial charge is 0.228 e. The maximum atomic E-state index is 5.88. The highest BCUT2D eigenvalue weighted by molar-refractivity contribution is 5.01. The molecule has 116 valence electrons. The van der Waals surface area contributed by atoms with E-state index in [1.54, 1.807) is 7.11 Å². The molecule has 1 rings (SSSR count). The largest absolute Gasteiger partial charge is 0.383 e. The van der Waals surface area contributed by atoms with Gasteiger partial charge in [-0.2, -0.15) is 4.98 Å². The van der Waals surface area contributed by atoms with Crippen molar-refractivity contribution in [2.24, 2.45) is 0 Å². The van der Waals surface area contributed by atoms with E-state index >= 15 is 0 Å². The molecule has 0 aromatic carbocycles. The van der Waals surface area contributed by atoms with Gasteiger partial charge in [0.05, 0.1) is 6.61 Å². The van der Waals surface area contributed by atoms with Gasteiger partial charge >= 0.3 is 0 Å². The summed E-state index contributed by atoms with van der Waals surface area (Å²) in [5, 5.41) is 7.29. The summed E-state index contributed by atoms with van der Waals surface area (Å²) in [5.41, 5.74) is -0.438. The van der Waals surface area contributed by atoms with Crippen molar-refractivity contribution in [2.45, 2.75) is 51.7 Å². The van der Waals surface area contributed by atoms with Crippen LogP contribution in [0.4, 0.5) is 0 Å². The Bertz CT molecular complexity index is 377. The normalized spacial score (nSPS) is 13.7. The molecule has 6 nitrogen and oxygen atoms in total. The first-order chi connectivity index (χ1) is 9.65. The molecule has 1 unspecified atom stereocenters. The van der Waals surface area contributed by atoms with Crippen LogP contribution in [0.1, 0.15) is 45.3 Å². The third-order valence-corrected chi connectivity index (χ3v) is 3.64. The summed E-state index contributed by atoms with van der Waals surface area (Å²) in [4.78, 5) is 4.51. The van der Waals surface area contributed by atoms with Crippen molar-refractivity contribution in [3.63, 3.8) is 0 Å². The molecule has 0 aliphatic rings. The molecule has 20 heavy (non-hydrogen) atoms. The predicted molar refractivity (Wildman–Crippen MR) is 76.6 cm³/mol. The van der Waals surface area contributed by atoms with Crippen LogP contribution in [-0.2, 0) is 21.5 Å². The lowest BCUT2D eigenvalue weighted by molar-refractivity contribution is -0.0583. The van der Waals surface area contributed by atoms with Crippen molar-refractivity contribution in [3.8, 4) is 0 Å². The SMILES string of the molecule is CCOC(CC)(CC)c1noc(CC(COC)NC)n1. The highest BCUT2D eigenvalue weighted by atomic mass is 16.5. The maximum absolute atomic E-state index is 5.88. The number of hydrogen-bond acceptors (Lipinski definition) is 6. The topological polar surface area (TPSA) is 69.4 Å². The van der Waals surface area contributed by atoms with Gasteiger partial charge < -0.3 is 19.3 Å². The van der Waals surface area contributed by atoms with Crippen LogP contribution in [0.25, 0.3) is 0 Å². The van der Waals surface area contributed by atoms with Gasteiger partial charge in [-0.25, -0.2) is 0 Å². The minimum atomic E-state index is -0.438. The van der Waals surface area contributed by atoms with Crippen molar-refractivity contribution in [1.82, 2.24) is 15.5 Å². The fourth-order valence-corrected chi connectivity index (χ4v) is 2.29. The second-order valence-electron chi connectivity index (χ2n) is 4.79. The number of nitrogens with zero attached hydrogens (tertiary/aromatic N) is 2. The monoisotopic (exact) mass is 285 g/mol. The molecular formula is C14H27N3O3. The highest BCUT2D eigenvalue weighted by Gasteiger charge is 2.34. The van der Waals surface area contributed by atoms with Gasteiger partial charge in [-0.3, -0.25) is 0 Å². The Balaban J connectivity index is 2.83. The average molecular weight is 285 g/mol. The summed E-state index contributed by atoms with van der Waals surface area (Å²) in [6.07, 6.45) is 2.29. The second kappa shape index (κ2) is 8.34. The zero-order chi connectivity index (χ0) is 15.0. The minimum absolute atomic E-state index is 0.165. The third kappa shape index (κ3) is 4.01.